The molecular formula is C10H19F3N4O2. The summed E-state index contributed by atoms with van der Waals surface area (Å²) in [7, 11) is 0. The topological polar surface area (TPSA) is 99.7 Å². The summed E-state index contributed by atoms with van der Waals surface area (Å²) < 4.78 is 37.6. The van der Waals surface area contributed by atoms with Gasteiger partial charge in [0.05, 0.1) is 0 Å². The van der Waals surface area contributed by atoms with Crippen molar-refractivity contribution in [3.05, 3.63) is 0 Å². The highest BCUT2D eigenvalue weighted by atomic mass is 19.4. The van der Waals surface area contributed by atoms with Gasteiger partial charge in [0.1, 0.15) is 5.92 Å². The zero-order valence-electron chi connectivity index (χ0n) is 10.8. The molecule has 9 heteroatoms. The molecule has 0 aromatic carbocycles. The van der Waals surface area contributed by atoms with Gasteiger partial charge in [-0.15, -0.1) is 0 Å². The number of halogens is 3. The van der Waals surface area contributed by atoms with E-state index < -0.39 is 24.5 Å². The van der Waals surface area contributed by atoms with E-state index >= 15 is 0 Å². The SMILES string of the molecule is CC(C)NC(=O)CCNCC(C(N)=NO)C(F)(F)F. The third kappa shape index (κ3) is 7.50. The average Bonchev–Trinajstić information content (AvgIpc) is 2.25. The quantitative estimate of drug-likeness (QED) is 0.179. The molecule has 0 aliphatic heterocycles. The Hall–Kier alpha value is -1.51. The van der Waals surface area contributed by atoms with Crippen molar-refractivity contribution in [2.24, 2.45) is 16.8 Å². The first-order valence-corrected chi connectivity index (χ1v) is 5.72. The summed E-state index contributed by atoms with van der Waals surface area (Å²) in [5.41, 5.74) is 4.97. The lowest BCUT2D eigenvalue weighted by atomic mass is 10.1. The molecule has 1 amide bonds. The van der Waals surface area contributed by atoms with Crippen molar-refractivity contribution in [3.8, 4) is 0 Å². The maximum atomic E-state index is 12.5. The first kappa shape index (κ1) is 17.5. The Labute approximate surface area is 109 Å². The maximum Gasteiger partial charge on any atom is 0.400 e. The first-order chi connectivity index (χ1) is 8.68. The van der Waals surface area contributed by atoms with Crippen LogP contribution in [0.5, 0.6) is 0 Å². The molecule has 6 nitrogen and oxygen atoms in total. The Morgan fingerprint density at radius 2 is 2.00 bits per heavy atom. The molecule has 0 aliphatic carbocycles. The molecule has 0 aliphatic rings. The van der Waals surface area contributed by atoms with E-state index in [4.69, 9.17) is 10.9 Å². The highest BCUT2D eigenvalue weighted by Gasteiger charge is 2.42. The standard InChI is InChI=1S/C10H19F3N4O2/c1-6(2)16-8(18)3-4-15-5-7(9(14)17-19)10(11,12)13/h6-7,15,19H,3-5H2,1-2H3,(H2,14,17)(H,16,18). The Bertz CT molecular complexity index is 318. The molecule has 0 spiro atoms. The summed E-state index contributed by atoms with van der Waals surface area (Å²) in [5, 5.41) is 15.7. The van der Waals surface area contributed by atoms with Crippen LogP contribution in [0.2, 0.25) is 0 Å². The molecule has 0 bridgehead atoms. The van der Waals surface area contributed by atoms with E-state index in [2.05, 4.69) is 15.8 Å². The Morgan fingerprint density at radius 1 is 1.42 bits per heavy atom. The van der Waals surface area contributed by atoms with Gasteiger partial charge in [0.2, 0.25) is 5.91 Å². The number of carbonyl (C=O) groups excluding carboxylic acids is 1. The molecule has 0 rings (SSSR count). The zero-order valence-corrected chi connectivity index (χ0v) is 10.8. The van der Waals surface area contributed by atoms with Gasteiger partial charge >= 0.3 is 6.18 Å². The van der Waals surface area contributed by atoms with Gasteiger partial charge < -0.3 is 21.6 Å². The van der Waals surface area contributed by atoms with E-state index in [1.165, 1.54) is 0 Å². The third-order valence-electron chi connectivity index (χ3n) is 2.19. The second kappa shape index (κ2) is 7.82. The summed E-state index contributed by atoms with van der Waals surface area (Å²) in [5.74, 6) is -3.24. The molecule has 1 unspecified atom stereocenters. The summed E-state index contributed by atoms with van der Waals surface area (Å²) in [4.78, 5) is 11.2. The second-order valence-corrected chi connectivity index (χ2v) is 4.30. The van der Waals surface area contributed by atoms with E-state index in [9.17, 15) is 18.0 Å². The van der Waals surface area contributed by atoms with E-state index in [0.29, 0.717) is 0 Å². The number of alkyl halides is 3. The smallest absolute Gasteiger partial charge is 0.400 e. The highest BCUT2D eigenvalue weighted by molar-refractivity contribution is 5.83. The predicted molar refractivity (Wildman–Crippen MR) is 63.7 cm³/mol. The van der Waals surface area contributed by atoms with Crippen molar-refractivity contribution in [2.75, 3.05) is 13.1 Å². The van der Waals surface area contributed by atoms with Gasteiger partial charge in [-0.25, -0.2) is 0 Å². The van der Waals surface area contributed by atoms with E-state index in [-0.39, 0.29) is 24.9 Å². The monoisotopic (exact) mass is 284 g/mol. The molecule has 0 aromatic rings. The van der Waals surface area contributed by atoms with Crippen LogP contribution in [0.15, 0.2) is 5.16 Å². The summed E-state index contributed by atoms with van der Waals surface area (Å²) in [6.45, 7) is 3.09. The van der Waals surface area contributed by atoms with Crippen molar-refractivity contribution in [1.29, 1.82) is 0 Å². The van der Waals surface area contributed by atoms with Crippen LogP contribution >= 0.6 is 0 Å². The van der Waals surface area contributed by atoms with E-state index in [1.54, 1.807) is 13.8 Å². The van der Waals surface area contributed by atoms with Crippen LogP contribution in [0, 0.1) is 5.92 Å². The minimum atomic E-state index is -4.61. The molecule has 1 atom stereocenters. The van der Waals surface area contributed by atoms with Gasteiger partial charge in [-0.3, -0.25) is 4.79 Å². The van der Waals surface area contributed by atoms with Crippen molar-refractivity contribution in [3.63, 3.8) is 0 Å². The first-order valence-electron chi connectivity index (χ1n) is 5.72. The normalized spacial score (nSPS) is 14.5. The largest absolute Gasteiger partial charge is 0.409 e. The summed E-state index contributed by atoms with van der Waals surface area (Å²) in [6, 6.07) is -0.0207. The number of carbonyl (C=O) groups is 1. The fraction of sp³-hybridized carbons (Fsp3) is 0.800. The van der Waals surface area contributed by atoms with Gasteiger partial charge in [0.25, 0.3) is 0 Å². The maximum absolute atomic E-state index is 12.5. The van der Waals surface area contributed by atoms with Crippen LogP contribution in [0.1, 0.15) is 20.3 Å². The predicted octanol–water partition coefficient (Wildman–Crippen LogP) is 0.416. The van der Waals surface area contributed by atoms with Gasteiger partial charge in [-0.2, -0.15) is 13.2 Å². The summed E-state index contributed by atoms with van der Waals surface area (Å²) in [6.07, 6.45) is -4.55. The van der Waals surface area contributed by atoms with Crippen LogP contribution in [-0.4, -0.2) is 42.3 Å². The third-order valence-corrected chi connectivity index (χ3v) is 2.19. The lowest BCUT2D eigenvalue weighted by molar-refractivity contribution is -0.154. The molecule has 19 heavy (non-hydrogen) atoms. The minimum Gasteiger partial charge on any atom is -0.409 e. The van der Waals surface area contributed by atoms with Crippen molar-refractivity contribution < 1.29 is 23.2 Å². The molecule has 0 radical (unpaired) electrons. The number of hydrogen-bond acceptors (Lipinski definition) is 4. The van der Waals surface area contributed by atoms with Crippen LogP contribution in [0.25, 0.3) is 0 Å². The van der Waals surface area contributed by atoms with Crippen LogP contribution in [0.3, 0.4) is 0 Å². The van der Waals surface area contributed by atoms with Gasteiger partial charge in [0, 0.05) is 25.6 Å². The van der Waals surface area contributed by atoms with Gasteiger partial charge in [-0.1, -0.05) is 5.16 Å². The Kier molecular flexibility index (Phi) is 7.20. The number of nitrogens with zero attached hydrogens (tertiary/aromatic N) is 1. The fourth-order valence-corrected chi connectivity index (χ4v) is 1.30. The molecule has 112 valence electrons. The van der Waals surface area contributed by atoms with Crippen molar-refractivity contribution in [2.45, 2.75) is 32.5 Å². The number of nitrogens with one attached hydrogen (secondary N) is 2. The lowest BCUT2D eigenvalue weighted by Gasteiger charge is -2.19. The number of amidine groups is 1. The molecule has 0 saturated carbocycles. The highest BCUT2D eigenvalue weighted by Crippen LogP contribution is 2.25. The van der Waals surface area contributed by atoms with Crippen LogP contribution in [-0.2, 0) is 4.79 Å². The van der Waals surface area contributed by atoms with E-state index in [1.807, 2.05) is 0 Å². The van der Waals surface area contributed by atoms with Gasteiger partial charge in [0.15, 0.2) is 5.84 Å². The molecular weight excluding hydrogens is 265 g/mol. The summed E-state index contributed by atoms with van der Waals surface area (Å²) >= 11 is 0. The number of rotatable bonds is 7. The number of hydrogen-bond donors (Lipinski definition) is 4. The number of amides is 1. The lowest BCUT2D eigenvalue weighted by Crippen LogP contribution is -2.43. The number of oxime groups is 1. The minimum absolute atomic E-state index is 0.0207. The van der Waals surface area contributed by atoms with Crippen molar-refractivity contribution >= 4 is 11.7 Å². The molecule has 5 N–H and O–H groups in total. The molecule has 0 fully saturated rings. The Balaban J connectivity index is 4.12. The second-order valence-electron chi connectivity index (χ2n) is 4.30. The fourth-order valence-electron chi connectivity index (χ4n) is 1.30. The number of nitrogens with two attached hydrogens (primary N) is 1. The molecule has 0 aromatic heterocycles. The van der Waals surface area contributed by atoms with Crippen LogP contribution in [0.4, 0.5) is 13.2 Å². The molecule has 0 heterocycles. The van der Waals surface area contributed by atoms with Crippen LogP contribution < -0.4 is 16.4 Å². The van der Waals surface area contributed by atoms with Crippen molar-refractivity contribution in [1.82, 2.24) is 10.6 Å². The Morgan fingerprint density at radius 3 is 2.42 bits per heavy atom. The average molecular weight is 284 g/mol. The van der Waals surface area contributed by atoms with Gasteiger partial charge in [-0.05, 0) is 13.8 Å². The molecule has 0 saturated heterocycles. The zero-order chi connectivity index (χ0) is 15.1. The van der Waals surface area contributed by atoms with E-state index in [0.717, 1.165) is 0 Å².